The number of aromatic nitrogens is 2. The Labute approximate surface area is 218 Å². The van der Waals surface area contributed by atoms with Crippen LogP contribution < -0.4 is 10.2 Å². The van der Waals surface area contributed by atoms with Gasteiger partial charge < -0.3 is 15.2 Å². The fraction of sp³-hybridized carbons (Fsp3) is 0.520. The summed E-state index contributed by atoms with van der Waals surface area (Å²) in [5.74, 6) is 5.69. The maximum atomic E-state index is 12.9. The predicted molar refractivity (Wildman–Crippen MR) is 135 cm³/mol. The summed E-state index contributed by atoms with van der Waals surface area (Å²) in [5, 5.41) is 12.8. The van der Waals surface area contributed by atoms with E-state index in [1.54, 1.807) is 27.7 Å². The molecule has 37 heavy (non-hydrogen) atoms. The zero-order valence-corrected chi connectivity index (χ0v) is 22.6. The van der Waals surface area contributed by atoms with Crippen LogP contribution >= 0.6 is 11.3 Å². The molecule has 2 N–H and O–H groups in total. The van der Waals surface area contributed by atoms with Gasteiger partial charge in [0.15, 0.2) is 5.13 Å². The van der Waals surface area contributed by atoms with Gasteiger partial charge in [-0.3, -0.25) is 9.88 Å². The number of carbonyl (C=O) groups is 2. The van der Waals surface area contributed by atoms with Crippen molar-refractivity contribution in [3.05, 3.63) is 40.2 Å². The van der Waals surface area contributed by atoms with E-state index in [2.05, 4.69) is 27.1 Å². The predicted octanol–water partition coefficient (Wildman–Crippen LogP) is 5.85. The van der Waals surface area contributed by atoms with Crippen LogP contribution in [-0.2, 0) is 22.7 Å². The molecule has 2 aromatic rings. The van der Waals surface area contributed by atoms with Crippen LogP contribution in [0.25, 0.3) is 0 Å². The number of amides is 2. The molecule has 2 heterocycles. The smallest absolute Gasteiger partial charge is 0.433 e. The summed E-state index contributed by atoms with van der Waals surface area (Å²) < 4.78 is 44.0. The van der Waals surface area contributed by atoms with Gasteiger partial charge in [0.2, 0.25) is 0 Å². The molecule has 0 aliphatic rings. The van der Waals surface area contributed by atoms with E-state index in [0.717, 1.165) is 22.0 Å². The quantitative estimate of drug-likeness (QED) is 0.446. The summed E-state index contributed by atoms with van der Waals surface area (Å²) in [7, 11) is 0. The Hall–Kier alpha value is -3.33. The van der Waals surface area contributed by atoms with Crippen LogP contribution in [0.15, 0.2) is 18.3 Å². The molecule has 0 bridgehead atoms. The van der Waals surface area contributed by atoms with Gasteiger partial charge >= 0.3 is 18.4 Å². The minimum absolute atomic E-state index is 0.00666. The first-order valence-corrected chi connectivity index (χ1v) is 12.2. The number of carbonyl (C=O) groups excluding carboxylic acids is 1. The molecule has 0 unspecified atom stereocenters. The lowest BCUT2D eigenvalue weighted by atomic mass is 9.93. The van der Waals surface area contributed by atoms with E-state index in [1.807, 2.05) is 20.8 Å². The first-order valence-electron chi connectivity index (χ1n) is 11.4. The van der Waals surface area contributed by atoms with Gasteiger partial charge in [-0.2, -0.15) is 13.2 Å². The highest BCUT2D eigenvalue weighted by Crippen LogP contribution is 2.35. The maximum absolute atomic E-state index is 12.9. The number of hydrogen-bond donors (Lipinski definition) is 2. The lowest BCUT2D eigenvalue weighted by Crippen LogP contribution is -2.48. The number of ether oxygens (including phenoxy) is 1. The Morgan fingerprint density at radius 3 is 2.30 bits per heavy atom. The molecule has 0 aliphatic carbocycles. The molecule has 0 saturated heterocycles. The third-order valence-corrected chi connectivity index (χ3v) is 6.23. The summed E-state index contributed by atoms with van der Waals surface area (Å²) >= 11 is 1.17. The molecule has 0 aromatic carbocycles. The number of anilines is 1. The van der Waals surface area contributed by atoms with Crippen molar-refractivity contribution in [2.24, 2.45) is 0 Å². The van der Waals surface area contributed by atoms with Crippen LogP contribution in [0.3, 0.4) is 0 Å². The molecule has 12 heteroatoms. The van der Waals surface area contributed by atoms with E-state index in [9.17, 15) is 27.9 Å². The summed E-state index contributed by atoms with van der Waals surface area (Å²) in [6.07, 6.45) is -5.66. The topological polar surface area (TPSA) is 105 Å². The number of thiazole rings is 1. The van der Waals surface area contributed by atoms with Crippen LogP contribution in [0, 0.1) is 11.8 Å². The van der Waals surface area contributed by atoms with Gasteiger partial charge in [0.25, 0.3) is 0 Å². The number of alkyl carbamates (subject to hydrolysis) is 1. The highest BCUT2D eigenvalue weighted by molar-refractivity contribution is 7.16. The molecule has 2 amide bonds. The number of hydrogen-bond acceptors (Lipinski definition) is 6. The van der Waals surface area contributed by atoms with Crippen molar-refractivity contribution in [2.75, 3.05) is 11.4 Å². The van der Waals surface area contributed by atoms with Crippen molar-refractivity contribution in [3.8, 4) is 11.8 Å². The van der Waals surface area contributed by atoms with E-state index >= 15 is 0 Å². The maximum Gasteiger partial charge on any atom is 0.433 e. The number of nitrogens with one attached hydrogen (secondary N) is 1. The molecule has 0 saturated carbocycles. The molecule has 2 rings (SSSR count). The van der Waals surface area contributed by atoms with Gasteiger partial charge in [-0.15, -0.1) is 0 Å². The van der Waals surface area contributed by atoms with E-state index < -0.39 is 35.7 Å². The highest BCUT2D eigenvalue weighted by Gasteiger charge is 2.33. The zero-order chi connectivity index (χ0) is 28.2. The fourth-order valence-electron chi connectivity index (χ4n) is 3.23. The van der Waals surface area contributed by atoms with Crippen LogP contribution in [0.2, 0.25) is 0 Å². The van der Waals surface area contributed by atoms with E-state index in [4.69, 9.17) is 4.74 Å². The first-order chi connectivity index (χ1) is 16.9. The molecule has 0 aliphatic heterocycles. The second-order valence-electron chi connectivity index (χ2n) is 10.3. The second kappa shape index (κ2) is 11.4. The minimum atomic E-state index is -4.60. The number of nitrogens with zero attached hydrogens (tertiary/aromatic N) is 3. The third-order valence-electron chi connectivity index (χ3n) is 4.72. The third kappa shape index (κ3) is 8.93. The van der Waals surface area contributed by atoms with E-state index in [1.165, 1.54) is 17.4 Å². The van der Waals surface area contributed by atoms with Gasteiger partial charge in [0, 0.05) is 11.1 Å². The Morgan fingerprint density at radius 2 is 1.84 bits per heavy atom. The SMILES string of the molecule is CC#Cc1nc(N(C[C@H](Cc2ccc(C(F)(F)F)nc2)NC(=O)OC(C)(C)C)C(=O)O)sc1C(C)(C)C. The number of alkyl halides is 3. The normalized spacial score (nSPS) is 12.8. The number of pyridine rings is 1. The first kappa shape index (κ1) is 29.9. The standard InChI is InChI=1S/C25H31F3N4O4S/c1-8-9-17-19(23(2,3)4)37-20(31-17)32(22(34)35)14-16(30-21(33)36-24(5,6)7)12-15-10-11-18(29-13-15)25(26,27)28/h10-11,13,16H,12,14H2,1-7H3,(H,30,33)(H,34,35)/t16-/m0/s1. The second-order valence-corrected chi connectivity index (χ2v) is 11.3. The molecule has 8 nitrogen and oxygen atoms in total. The van der Waals surface area contributed by atoms with E-state index in [0.29, 0.717) is 11.3 Å². The average Bonchev–Trinajstić information content (AvgIpc) is 3.14. The number of halogens is 3. The van der Waals surface area contributed by atoms with Crippen LogP contribution in [-0.4, -0.2) is 45.4 Å². The van der Waals surface area contributed by atoms with Gasteiger partial charge in [-0.1, -0.05) is 44.1 Å². The van der Waals surface area contributed by atoms with Crippen LogP contribution in [0.4, 0.5) is 27.9 Å². The van der Waals surface area contributed by atoms with Gasteiger partial charge in [-0.05, 0) is 57.1 Å². The Bertz CT molecular complexity index is 1170. The number of carboxylic acid groups (broad SMARTS) is 1. The van der Waals surface area contributed by atoms with E-state index in [-0.39, 0.29) is 23.5 Å². The van der Waals surface area contributed by atoms with Crippen molar-refractivity contribution < 1.29 is 32.6 Å². The lowest BCUT2D eigenvalue weighted by molar-refractivity contribution is -0.141. The summed E-state index contributed by atoms with van der Waals surface area (Å²) in [6, 6.07) is 1.20. The molecule has 2 aromatic heterocycles. The van der Waals surface area contributed by atoms with Crippen molar-refractivity contribution >= 4 is 28.7 Å². The lowest BCUT2D eigenvalue weighted by Gasteiger charge is -2.27. The Balaban J connectivity index is 2.42. The van der Waals surface area contributed by atoms with Crippen molar-refractivity contribution in [2.45, 2.75) is 78.1 Å². The Morgan fingerprint density at radius 1 is 1.19 bits per heavy atom. The van der Waals surface area contributed by atoms with Gasteiger partial charge in [0.1, 0.15) is 17.0 Å². The van der Waals surface area contributed by atoms with Crippen molar-refractivity contribution in [1.82, 2.24) is 15.3 Å². The average molecular weight is 541 g/mol. The minimum Gasteiger partial charge on any atom is -0.465 e. The van der Waals surface area contributed by atoms with Crippen LogP contribution in [0.5, 0.6) is 0 Å². The molecule has 0 fully saturated rings. The zero-order valence-electron chi connectivity index (χ0n) is 21.8. The van der Waals surface area contributed by atoms with Crippen molar-refractivity contribution in [3.63, 3.8) is 0 Å². The summed E-state index contributed by atoms with van der Waals surface area (Å²) in [5.41, 5.74) is -1.39. The monoisotopic (exact) mass is 540 g/mol. The molecule has 0 spiro atoms. The summed E-state index contributed by atoms with van der Waals surface area (Å²) in [6.45, 7) is 12.3. The fourth-order valence-corrected chi connectivity index (χ4v) is 4.31. The molecule has 0 radical (unpaired) electrons. The highest BCUT2D eigenvalue weighted by atomic mass is 32.1. The Kier molecular flexibility index (Phi) is 9.19. The van der Waals surface area contributed by atoms with Gasteiger partial charge in [0.05, 0.1) is 12.6 Å². The summed E-state index contributed by atoms with van der Waals surface area (Å²) in [4.78, 5) is 34.4. The van der Waals surface area contributed by atoms with Gasteiger partial charge in [-0.25, -0.2) is 14.6 Å². The molecule has 1 atom stereocenters. The molecular formula is C25H31F3N4O4S. The molecular weight excluding hydrogens is 509 g/mol. The number of rotatable bonds is 6. The van der Waals surface area contributed by atoms with Crippen LogP contribution in [0.1, 0.15) is 70.3 Å². The molecule has 202 valence electrons. The van der Waals surface area contributed by atoms with Crippen molar-refractivity contribution in [1.29, 1.82) is 0 Å². The largest absolute Gasteiger partial charge is 0.465 e.